The van der Waals surface area contributed by atoms with Gasteiger partial charge < -0.3 is 19.5 Å². The van der Waals surface area contributed by atoms with Gasteiger partial charge in [0.15, 0.2) is 11.6 Å². The molecule has 1 saturated heterocycles. The number of anilines is 1. The number of aromatic nitrogens is 3. The minimum atomic E-state index is -2.73. The summed E-state index contributed by atoms with van der Waals surface area (Å²) < 4.78 is 61.4. The smallest absolute Gasteiger partial charge is 0.228 e. The van der Waals surface area contributed by atoms with Crippen LogP contribution in [0.3, 0.4) is 0 Å². The van der Waals surface area contributed by atoms with Crippen LogP contribution < -0.4 is 14.8 Å². The van der Waals surface area contributed by atoms with Crippen molar-refractivity contribution in [3.63, 3.8) is 0 Å². The summed E-state index contributed by atoms with van der Waals surface area (Å²) in [5.74, 6) is -2.45. The Bertz CT molecular complexity index is 1490. The summed E-state index contributed by atoms with van der Waals surface area (Å²) in [5, 5.41) is 3.37. The number of likely N-dealkylation sites (tertiary alicyclic amines) is 1. The highest BCUT2D eigenvalue weighted by molar-refractivity contribution is 7.77. The number of hydrogen-bond donors (Lipinski definition) is 2. The molecule has 5 rings (SSSR count). The molecule has 2 unspecified atom stereocenters. The highest BCUT2D eigenvalue weighted by Crippen LogP contribution is 2.35. The second-order valence-electron chi connectivity index (χ2n) is 9.42. The molecular weight excluding hydrogens is 538 g/mol. The predicted molar refractivity (Wildman–Crippen MR) is 146 cm³/mol. The molecular formula is C28H27F2N6O3S-. The van der Waals surface area contributed by atoms with Gasteiger partial charge in [-0.3, -0.25) is 4.21 Å². The van der Waals surface area contributed by atoms with Crippen molar-refractivity contribution < 1.29 is 22.3 Å². The van der Waals surface area contributed by atoms with E-state index in [1.54, 1.807) is 54.7 Å². The van der Waals surface area contributed by atoms with Crippen molar-refractivity contribution in [3.8, 4) is 22.9 Å². The van der Waals surface area contributed by atoms with Crippen LogP contribution in [0, 0.1) is 11.6 Å². The predicted octanol–water partition coefficient (Wildman–Crippen LogP) is 4.59. The third-order valence-corrected chi connectivity index (χ3v) is 7.12. The highest BCUT2D eigenvalue weighted by Gasteiger charge is 2.24. The average Bonchev–Trinajstić information content (AvgIpc) is 2.97. The fourth-order valence-electron chi connectivity index (χ4n) is 4.59. The van der Waals surface area contributed by atoms with Crippen molar-refractivity contribution in [1.29, 1.82) is 0 Å². The molecule has 1 aliphatic rings. The number of halogens is 2. The van der Waals surface area contributed by atoms with E-state index in [0.717, 1.165) is 25.9 Å². The molecule has 1 aliphatic heterocycles. The van der Waals surface area contributed by atoms with Gasteiger partial charge in [-0.05, 0) is 62.8 Å². The number of pyridine rings is 1. The number of piperidine rings is 1. The van der Waals surface area contributed by atoms with Gasteiger partial charge in [0.1, 0.15) is 0 Å². The first kappa shape index (κ1) is 27.7. The molecule has 4 aromatic rings. The molecule has 0 saturated carbocycles. The van der Waals surface area contributed by atoms with Crippen LogP contribution in [-0.4, -0.2) is 54.8 Å². The fourth-order valence-corrected chi connectivity index (χ4v) is 5.04. The number of nitrogens with one attached hydrogen (secondary N) is 2. The summed E-state index contributed by atoms with van der Waals surface area (Å²) in [5.41, 5.74) is 1.21. The Kier molecular flexibility index (Phi) is 8.70. The van der Waals surface area contributed by atoms with Gasteiger partial charge in [0.05, 0.1) is 17.3 Å². The Morgan fingerprint density at radius 3 is 2.52 bits per heavy atom. The van der Waals surface area contributed by atoms with Gasteiger partial charge >= 0.3 is 0 Å². The summed E-state index contributed by atoms with van der Waals surface area (Å²) >= 11 is -2.73. The summed E-state index contributed by atoms with van der Waals surface area (Å²) in [6, 6.07) is 15.0. The number of nitrogens with zero attached hydrogens (tertiary/aromatic N) is 4. The molecule has 0 aliphatic carbocycles. The van der Waals surface area contributed by atoms with Crippen LogP contribution in [0.1, 0.15) is 30.0 Å². The molecule has 12 heteroatoms. The zero-order valence-corrected chi connectivity index (χ0v) is 22.4. The SMILES string of the molecule is CN1CCC(Nc2nccc(-c3cccnc3Oc3ccc(C(NS(=O)[O-])c4ccccc4)c(F)c3F)n2)CC1. The zero-order valence-electron chi connectivity index (χ0n) is 21.6. The molecule has 9 nitrogen and oxygen atoms in total. The van der Waals surface area contributed by atoms with E-state index in [-0.39, 0.29) is 17.5 Å². The lowest BCUT2D eigenvalue weighted by Crippen LogP contribution is -2.37. The summed E-state index contributed by atoms with van der Waals surface area (Å²) in [4.78, 5) is 15.4. The lowest BCUT2D eigenvalue weighted by atomic mass is 9.99. The number of benzene rings is 2. The Morgan fingerprint density at radius 2 is 1.77 bits per heavy atom. The van der Waals surface area contributed by atoms with Gasteiger partial charge in [-0.15, -0.1) is 0 Å². The van der Waals surface area contributed by atoms with E-state index in [1.165, 1.54) is 18.3 Å². The zero-order chi connectivity index (χ0) is 28.1. The van der Waals surface area contributed by atoms with Crippen molar-refractivity contribution in [3.05, 3.63) is 95.8 Å². The number of ether oxygens (including phenoxy) is 1. The first-order chi connectivity index (χ1) is 19.4. The van der Waals surface area contributed by atoms with E-state index < -0.39 is 34.7 Å². The van der Waals surface area contributed by atoms with E-state index in [2.05, 4.69) is 36.9 Å². The van der Waals surface area contributed by atoms with Gasteiger partial charge in [-0.2, -0.15) is 4.39 Å². The van der Waals surface area contributed by atoms with E-state index in [9.17, 15) is 8.76 Å². The normalized spacial score (nSPS) is 15.9. The molecule has 2 N–H and O–H groups in total. The van der Waals surface area contributed by atoms with Gasteiger partial charge in [-0.25, -0.2) is 24.1 Å². The topological polar surface area (TPSA) is 115 Å². The maximum atomic E-state index is 15.3. The fraction of sp³-hybridized carbons (Fsp3) is 0.250. The van der Waals surface area contributed by atoms with Gasteiger partial charge in [0, 0.05) is 35.3 Å². The van der Waals surface area contributed by atoms with E-state index in [4.69, 9.17) is 4.74 Å². The second kappa shape index (κ2) is 12.6. The molecule has 2 aromatic carbocycles. The van der Waals surface area contributed by atoms with Crippen LogP contribution in [0.25, 0.3) is 11.3 Å². The van der Waals surface area contributed by atoms with Crippen LogP contribution in [0.15, 0.2) is 73.1 Å². The van der Waals surface area contributed by atoms with Crippen molar-refractivity contribution in [2.24, 2.45) is 0 Å². The van der Waals surface area contributed by atoms with Crippen molar-refractivity contribution >= 4 is 17.2 Å². The third-order valence-electron chi connectivity index (χ3n) is 6.70. The number of hydrogen-bond acceptors (Lipinski definition) is 8. The van der Waals surface area contributed by atoms with E-state index in [0.29, 0.717) is 22.8 Å². The van der Waals surface area contributed by atoms with Crippen LogP contribution in [0.4, 0.5) is 14.7 Å². The van der Waals surface area contributed by atoms with Crippen molar-refractivity contribution in [1.82, 2.24) is 24.6 Å². The quantitative estimate of drug-likeness (QED) is 0.283. The first-order valence-corrected chi connectivity index (χ1v) is 13.8. The Morgan fingerprint density at radius 1 is 1.00 bits per heavy atom. The molecule has 0 bridgehead atoms. The maximum Gasteiger partial charge on any atom is 0.228 e. The first-order valence-electron chi connectivity index (χ1n) is 12.7. The summed E-state index contributed by atoms with van der Waals surface area (Å²) in [6.07, 6.45) is 5.02. The Hall–Kier alpha value is -3.84. The standard InChI is InChI=1S/C28H28F2N6O3S/c1-36-16-12-19(13-17-36)33-28-32-15-11-22(34-28)20-8-5-14-31-27(20)39-23-10-9-21(24(29)25(23)30)26(35-40(37)38)18-6-3-2-4-7-18/h2-11,14-15,19,26,35H,12-13,16-17H2,1H3,(H,37,38)(H,32,33,34)/p-1. The van der Waals surface area contributed by atoms with Crippen molar-refractivity contribution in [2.75, 3.05) is 25.5 Å². The Balaban J connectivity index is 1.41. The maximum absolute atomic E-state index is 15.3. The lowest BCUT2D eigenvalue weighted by molar-refractivity contribution is 0.263. The van der Waals surface area contributed by atoms with E-state index >= 15 is 8.78 Å². The minimum absolute atomic E-state index is 0.0240. The monoisotopic (exact) mass is 565 g/mol. The molecule has 0 amide bonds. The number of rotatable bonds is 9. The molecule has 208 valence electrons. The molecule has 0 spiro atoms. The highest BCUT2D eigenvalue weighted by atomic mass is 32.2. The van der Waals surface area contributed by atoms with E-state index in [1.807, 2.05) is 0 Å². The van der Waals surface area contributed by atoms with Crippen molar-refractivity contribution in [2.45, 2.75) is 24.9 Å². The molecule has 1 fully saturated rings. The van der Waals surface area contributed by atoms with Crippen LogP contribution >= 0.6 is 0 Å². The van der Waals surface area contributed by atoms with Crippen LogP contribution in [0.2, 0.25) is 0 Å². The second-order valence-corrected chi connectivity index (χ2v) is 10.1. The molecule has 0 radical (unpaired) electrons. The summed E-state index contributed by atoms with van der Waals surface area (Å²) in [6.45, 7) is 1.96. The van der Waals surface area contributed by atoms with Gasteiger partial charge in [0.2, 0.25) is 17.6 Å². The van der Waals surface area contributed by atoms with Crippen LogP contribution in [-0.2, 0) is 11.3 Å². The largest absolute Gasteiger partial charge is 0.760 e. The van der Waals surface area contributed by atoms with Gasteiger partial charge in [-0.1, -0.05) is 36.4 Å². The molecule has 3 heterocycles. The minimum Gasteiger partial charge on any atom is -0.760 e. The lowest BCUT2D eigenvalue weighted by Gasteiger charge is -2.29. The summed E-state index contributed by atoms with van der Waals surface area (Å²) in [7, 11) is 2.09. The van der Waals surface area contributed by atoms with Crippen LogP contribution in [0.5, 0.6) is 11.6 Å². The third kappa shape index (κ3) is 6.48. The average molecular weight is 566 g/mol. The molecule has 40 heavy (non-hydrogen) atoms. The molecule has 2 atom stereocenters. The Labute approximate surface area is 233 Å². The van der Waals surface area contributed by atoms with Gasteiger partial charge in [0.25, 0.3) is 0 Å². The molecule has 2 aromatic heterocycles.